The van der Waals surface area contributed by atoms with Gasteiger partial charge in [0.25, 0.3) is 5.91 Å². The predicted octanol–water partition coefficient (Wildman–Crippen LogP) is 6.76. The molecule has 1 amide bonds. The highest BCUT2D eigenvalue weighted by Gasteiger charge is 2.44. The summed E-state index contributed by atoms with van der Waals surface area (Å²) in [5, 5.41) is 0.0474. The number of carbonyl (C=O) groups excluding carboxylic acids is 1. The van der Waals surface area contributed by atoms with Crippen LogP contribution in [0, 0.1) is 17.8 Å². The second-order valence-corrected chi connectivity index (χ2v) is 15.8. The number of sulfonamides is 1. The van der Waals surface area contributed by atoms with E-state index < -0.39 is 21.2 Å². The van der Waals surface area contributed by atoms with Crippen LogP contribution in [0.1, 0.15) is 87.2 Å². The summed E-state index contributed by atoms with van der Waals surface area (Å²) in [6, 6.07) is 11.6. The van der Waals surface area contributed by atoms with Crippen molar-refractivity contribution in [3.63, 3.8) is 0 Å². The van der Waals surface area contributed by atoms with Crippen molar-refractivity contribution < 1.29 is 22.7 Å². The number of hydrogen-bond acceptors (Lipinski definition) is 6. The molecule has 1 N–H and O–H groups in total. The summed E-state index contributed by atoms with van der Waals surface area (Å²) in [5.74, 6) is 1.75. The second-order valence-electron chi connectivity index (χ2n) is 13.2. The van der Waals surface area contributed by atoms with Crippen molar-refractivity contribution in [3.05, 3.63) is 58.1 Å². The molecule has 1 spiro atoms. The summed E-state index contributed by atoms with van der Waals surface area (Å²) in [6.07, 6.45) is 8.99. The number of nitrogens with zero attached hydrogens (tertiary/aromatic N) is 1. The predicted molar refractivity (Wildman–Crippen MR) is 173 cm³/mol. The maximum atomic E-state index is 13.2. The first-order valence-electron chi connectivity index (χ1n) is 15.9. The molecule has 236 valence electrons. The molecule has 2 aromatic rings. The number of hydrogen-bond donors (Lipinski definition) is 1. The third-order valence-corrected chi connectivity index (χ3v) is 11.9. The van der Waals surface area contributed by atoms with Crippen molar-refractivity contribution in [2.75, 3.05) is 38.3 Å². The van der Waals surface area contributed by atoms with Gasteiger partial charge in [-0.1, -0.05) is 37.4 Å². The molecule has 3 aliphatic rings. The zero-order chi connectivity index (χ0) is 30.8. The highest BCUT2D eigenvalue weighted by atomic mass is 35.5. The molecule has 0 unspecified atom stereocenters. The van der Waals surface area contributed by atoms with Gasteiger partial charge in [-0.3, -0.25) is 4.79 Å². The smallest absolute Gasteiger partial charge is 0.264 e. The van der Waals surface area contributed by atoms with Gasteiger partial charge in [0, 0.05) is 42.8 Å². The maximum Gasteiger partial charge on any atom is 0.264 e. The molecule has 7 nitrogen and oxygen atoms in total. The van der Waals surface area contributed by atoms with Gasteiger partial charge in [-0.25, -0.2) is 13.1 Å². The largest absolute Gasteiger partial charge is 0.490 e. The Labute approximate surface area is 262 Å². The van der Waals surface area contributed by atoms with Crippen LogP contribution >= 0.6 is 11.6 Å². The molecule has 0 aromatic heterocycles. The number of halogens is 1. The lowest BCUT2D eigenvalue weighted by Crippen LogP contribution is -2.49. The number of ether oxygens (including phenoxy) is 2. The van der Waals surface area contributed by atoms with Crippen LogP contribution in [0.2, 0.25) is 5.02 Å². The first-order chi connectivity index (χ1) is 20.6. The molecule has 0 radical (unpaired) electrons. The van der Waals surface area contributed by atoms with Crippen LogP contribution in [0.25, 0.3) is 0 Å². The Balaban J connectivity index is 1.50. The highest BCUT2D eigenvalue weighted by molar-refractivity contribution is 7.90. The molecule has 0 bridgehead atoms. The zero-order valence-electron chi connectivity index (χ0n) is 26.0. The molecule has 9 heteroatoms. The summed E-state index contributed by atoms with van der Waals surface area (Å²) >= 11 is 6.42. The summed E-state index contributed by atoms with van der Waals surface area (Å²) in [7, 11) is -1.95. The van der Waals surface area contributed by atoms with Gasteiger partial charge in [0.2, 0.25) is 10.0 Å². The van der Waals surface area contributed by atoms with E-state index in [0.29, 0.717) is 29.9 Å². The molecule has 4 atom stereocenters. The lowest BCUT2D eigenvalue weighted by Gasteiger charge is -2.46. The number of nitrogens with one attached hydrogen (secondary N) is 1. The third kappa shape index (κ3) is 6.86. The van der Waals surface area contributed by atoms with Gasteiger partial charge in [0.05, 0.1) is 17.5 Å². The molecule has 2 aromatic carbocycles. The van der Waals surface area contributed by atoms with Gasteiger partial charge in [-0.05, 0) is 112 Å². The van der Waals surface area contributed by atoms with E-state index in [2.05, 4.69) is 28.7 Å². The molecule has 43 heavy (non-hydrogen) atoms. The number of amides is 1. The van der Waals surface area contributed by atoms with Crippen LogP contribution in [-0.2, 0) is 26.6 Å². The molecule has 1 aliphatic heterocycles. The number of benzene rings is 2. The van der Waals surface area contributed by atoms with Crippen LogP contribution in [0.5, 0.6) is 5.75 Å². The Morgan fingerprint density at radius 3 is 2.72 bits per heavy atom. The fourth-order valence-corrected chi connectivity index (χ4v) is 8.19. The van der Waals surface area contributed by atoms with Crippen molar-refractivity contribution in [1.29, 1.82) is 0 Å². The lowest BCUT2D eigenvalue weighted by atomic mass is 9.65. The van der Waals surface area contributed by atoms with Gasteiger partial charge in [-0.2, -0.15) is 0 Å². The van der Waals surface area contributed by atoms with E-state index in [-0.39, 0.29) is 5.41 Å². The third-order valence-electron chi connectivity index (χ3n) is 10.0. The Morgan fingerprint density at radius 2 is 2.02 bits per heavy atom. The molecule has 5 rings (SSSR count). The topological polar surface area (TPSA) is 84.9 Å². The van der Waals surface area contributed by atoms with Gasteiger partial charge in [0.1, 0.15) is 5.75 Å². The average molecular weight is 631 g/mol. The summed E-state index contributed by atoms with van der Waals surface area (Å²) in [4.78, 5) is 15.6. The van der Waals surface area contributed by atoms with Gasteiger partial charge >= 0.3 is 0 Å². The van der Waals surface area contributed by atoms with E-state index >= 15 is 0 Å². The van der Waals surface area contributed by atoms with Gasteiger partial charge in [-0.15, -0.1) is 0 Å². The van der Waals surface area contributed by atoms with Crippen LogP contribution < -0.4 is 14.4 Å². The summed E-state index contributed by atoms with van der Waals surface area (Å²) in [5.41, 5.74) is 3.54. The van der Waals surface area contributed by atoms with E-state index in [1.807, 2.05) is 18.2 Å². The Kier molecular flexibility index (Phi) is 9.99. The Bertz CT molecular complexity index is 1410. The minimum atomic E-state index is -3.76. The number of aryl methyl sites for hydroxylation is 1. The van der Waals surface area contributed by atoms with E-state index in [4.69, 9.17) is 21.1 Å². The first-order valence-corrected chi connectivity index (χ1v) is 17.8. The van der Waals surface area contributed by atoms with Crippen molar-refractivity contribution >= 4 is 33.2 Å². The SMILES string of the molecule is CCCC[C@H](COC)[C@@H]1CC[C@H]1CN1C[C@@]2(CCCc3cc(Cl)ccc32)COc2ccc(C(=O)NS(=O)(=O)C(C)C)cc21. The number of anilines is 1. The minimum Gasteiger partial charge on any atom is -0.490 e. The number of fused-ring (bicyclic) bond motifs is 3. The van der Waals surface area contributed by atoms with Crippen LogP contribution in [-0.4, -0.2) is 53.0 Å². The molecule has 2 aliphatic carbocycles. The van der Waals surface area contributed by atoms with E-state index in [1.165, 1.54) is 36.8 Å². The number of methoxy groups -OCH3 is 1. The van der Waals surface area contributed by atoms with Crippen LogP contribution in [0.4, 0.5) is 5.69 Å². The number of rotatable bonds is 11. The van der Waals surface area contributed by atoms with Crippen molar-refractivity contribution in [2.45, 2.75) is 82.8 Å². The van der Waals surface area contributed by atoms with E-state index in [0.717, 1.165) is 61.8 Å². The van der Waals surface area contributed by atoms with Crippen molar-refractivity contribution in [1.82, 2.24) is 4.72 Å². The fourth-order valence-electron chi connectivity index (χ4n) is 7.39. The zero-order valence-corrected chi connectivity index (χ0v) is 27.6. The minimum absolute atomic E-state index is 0.214. The molecule has 1 heterocycles. The second kappa shape index (κ2) is 13.4. The molecular weight excluding hydrogens is 584 g/mol. The van der Waals surface area contributed by atoms with Crippen LogP contribution in [0.15, 0.2) is 36.4 Å². The average Bonchev–Trinajstić information content (AvgIpc) is 3.10. The van der Waals surface area contributed by atoms with Crippen molar-refractivity contribution in [3.8, 4) is 5.75 Å². The fraction of sp³-hybridized carbons (Fsp3) is 0.618. The molecule has 0 saturated heterocycles. The van der Waals surface area contributed by atoms with E-state index in [1.54, 1.807) is 27.0 Å². The molecule has 1 saturated carbocycles. The lowest BCUT2D eigenvalue weighted by molar-refractivity contribution is 0.0390. The Hall–Kier alpha value is -2.29. The monoisotopic (exact) mass is 630 g/mol. The van der Waals surface area contributed by atoms with Gasteiger partial charge < -0.3 is 14.4 Å². The molecule has 1 fully saturated rings. The standard InChI is InChI=1S/C34H47ClN2O5S/c1-5-6-8-27(20-41-4)29-13-10-26(29)19-37-21-34(16-7-9-24-17-28(35)12-14-30(24)34)22-42-32-15-11-25(18-31(32)37)33(38)36-43(39,40)23(2)3/h11-12,14-15,17-18,23,26-27,29H,5-10,13,16,19-22H2,1-4H3,(H,36,38)/t26-,27+,29+,34-/m0/s1. The van der Waals surface area contributed by atoms with Crippen molar-refractivity contribution in [2.24, 2.45) is 17.8 Å². The normalized spacial score (nSPS) is 24.0. The number of carbonyl (C=O) groups is 1. The molecular formula is C34H47ClN2O5S. The van der Waals surface area contributed by atoms with E-state index in [9.17, 15) is 13.2 Å². The Morgan fingerprint density at radius 1 is 1.21 bits per heavy atom. The first kappa shape index (κ1) is 32.1. The summed E-state index contributed by atoms with van der Waals surface area (Å²) < 4.78 is 39.5. The van der Waals surface area contributed by atoms with Gasteiger partial charge in [0.15, 0.2) is 0 Å². The maximum absolute atomic E-state index is 13.2. The summed E-state index contributed by atoms with van der Waals surface area (Å²) in [6.45, 7) is 8.30. The number of unbranched alkanes of at least 4 members (excludes halogenated alkanes) is 1. The highest BCUT2D eigenvalue weighted by Crippen LogP contribution is 2.47. The van der Waals surface area contributed by atoms with Crippen LogP contribution in [0.3, 0.4) is 0 Å². The quantitative estimate of drug-likeness (QED) is 0.295.